The fourth-order valence-corrected chi connectivity index (χ4v) is 2.60. The molecule has 0 radical (unpaired) electrons. The van der Waals surface area contributed by atoms with Crippen molar-refractivity contribution in [1.82, 2.24) is 4.90 Å². The maximum absolute atomic E-state index is 12.0. The fraction of sp³-hybridized carbons (Fsp3) is 0.533. The van der Waals surface area contributed by atoms with Gasteiger partial charge in [0.1, 0.15) is 5.75 Å². The van der Waals surface area contributed by atoms with E-state index in [1.165, 1.54) is 0 Å². The number of rotatable bonds is 6. The molecule has 0 unspecified atom stereocenters. The molecular weight excluding hydrogens is 270 g/mol. The normalized spacial score (nSPS) is 21.0. The number of hydrogen-bond donors (Lipinski definition) is 3. The van der Waals surface area contributed by atoms with Crippen molar-refractivity contribution in [3.05, 3.63) is 18.2 Å². The molecule has 0 aromatic heterocycles. The van der Waals surface area contributed by atoms with Crippen LogP contribution in [0.15, 0.2) is 18.2 Å². The molecule has 0 aliphatic heterocycles. The highest BCUT2D eigenvalue weighted by molar-refractivity contribution is 5.94. The van der Waals surface area contributed by atoms with Crippen LogP contribution in [0.5, 0.6) is 5.75 Å². The number of nitrogens with one attached hydrogen (secondary N) is 1. The lowest BCUT2D eigenvalue weighted by atomic mass is 9.82. The third-order valence-electron chi connectivity index (χ3n) is 3.69. The third-order valence-corrected chi connectivity index (χ3v) is 3.69. The molecule has 21 heavy (non-hydrogen) atoms. The molecule has 1 aliphatic rings. The maximum Gasteiger partial charge on any atom is 0.238 e. The zero-order valence-electron chi connectivity index (χ0n) is 12.5. The second-order valence-electron chi connectivity index (χ2n) is 5.70. The summed E-state index contributed by atoms with van der Waals surface area (Å²) in [7, 11) is 3.45. The molecular formula is C15H23N3O3. The molecule has 1 aromatic rings. The number of aliphatic hydroxyl groups excluding tert-OH is 1. The van der Waals surface area contributed by atoms with Gasteiger partial charge in [-0.05, 0) is 37.9 Å². The van der Waals surface area contributed by atoms with Gasteiger partial charge in [0.2, 0.25) is 5.91 Å². The van der Waals surface area contributed by atoms with Gasteiger partial charge in [0.25, 0.3) is 0 Å². The summed E-state index contributed by atoms with van der Waals surface area (Å²) in [5.74, 6) is 0.942. The Bertz CT molecular complexity index is 501. The summed E-state index contributed by atoms with van der Waals surface area (Å²) < 4.78 is 5.20. The van der Waals surface area contributed by atoms with Gasteiger partial charge in [-0.2, -0.15) is 0 Å². The molecule has 1 aliphatic carbocycles. The molecule has 1 aromatic carbocycles. The van der Waals surface area contributed by atoms with Crippen LogP contribution in [0.4, 0.5) is 11.4 Å². The molecule has 6 nitrogen and oxygen atoms in total. The van der Waals surface area contributed by atoms with Crippen molar-refractivity contribution in [2.75, 3.05) is 38.3 Å². The number of nitrogens with zero attached hydrogens (tertiary/aromatic N) is 1. The van der Waals surface area contributed by atoms with E-state index in [-0.39, 0.29) is 12.0 Å². The van der Waals surface area contributed by atoms with Gasteiger partial charge < -0.3 is 20.9 Å². The lowest BCUT2D eigenvalue weighted by Crippen LogP contribution is -2.39. The first-order valence-corrected chi connectivity index (χ1v) is 7.08. The third kappa shape index (κ3) is 4.34. The van der Waals surface area contributed by atoms with E-state index >= 15 is 0 Å². The highest BCUT2D eigenvalue weighted by atomic mass is 16.5. The number of anilines is 2. The molecule has 1 amide bonds. The first kappa shape index (κ1) is 15.6. The molecule has 0 bridgehead atoms. The Morgan fingerprint density at radius 2 is 2.24 bits per heavy atom. The Kier molecular flexibility index (Phi) is 5.03. The number of benzene rings is 1. The van der Waals surface area contributed by atoms with E-state index in [2.05, 4.69) is 5.32 Å². The minimum Gasteiger partial charge on any atom is -0.494 e. The van der Waals surface area contributed by atoms with Gasteiger partial charge in [-0.3, -0.25) is 9.69 Å². The van der Waals surface area contributed by atoms with Gasteiger partial charge >= 0.3 is 0 Å². The number of aliphatic hydroxyl groups is 1. The average Bonchev–Trinajstić information content (AvgIpc) is 2.38. The molecule has 0 atom stereocenters. The Morgan fingerprint density at radius 1 is 1.52 bits per heavy atom. The van der Waals surface area contributed by atoms with E-state index in [0.717, 1.165) is 19.4 Å². The summed E-state index contributed by atoms with van der Waals surface area (Å²) in [5.41, 5.74) is 6.88. The standard InChI is InChI=1S/C15H23N3O3/c1-18(8-10-5-12(19)6-10)9-15(20)17-13-4-3-11(16)7-14(13)21-2/h3-4,7,10,12,19H,5-6,8-9,16H2,1-2H3,(H,17,20). The Morgan fingerprint density at radius 3 is 2.86 bits per heavy atom. The van der Waals surface area contributed by atoms with Crippen LogP contribution in [0.3, 0.4) is 0 Å². The smallest absolute Gasteiger partial charge is 0.238 e. The van der Waals surface area contributed by atoms with E-state index in [1.54, 1.807) is 25.3 Å². The summed E-state index contributed by atoms with van der Waals surface area (Å²) in [4.78, 5) is 14.0. The van der Waals surface area contributed by atoms with Crippen LogP contribution >= 0.6 is 0 Å². The van der Waals surface area contributed by atoms with Crippen molar-refractivity contribution in [3.63, 3.8) is 0 Å². The van der Waals surface area contributed by atoms with Crippen molar-refractivity contribution in [3.8, 4) is 5.75 Å². The minimum absolute atomic E-state index is 0.0968. The van der Waals surface area contributed by atoms with Crippen molar-refractivity contribution in [1.29, 1.82) is 0 Å². The second kappa shape index (κ2) is 6.78. The molecule has 1 saturated carbocycles. The average molecular weight is 293 g/mol. The van der Waals surface area contributed by atoms with Crippen molar-refractivity contribution in [2.24, 2.45) is 5.92 Å². The van der Waals surface area contributed by atoms with E-state index in [0.29, 0.717) is 29.6 Å². The minimum atomic E-state index is -0.156. The number of nitrogen functional groups attached to an aromatic ring is 1. The Balaban J connectivity index is 1.83. The number of methoxy groups -OCH3 is 1. The van der Waals surface area contributed by atoms with Crippen LogP contribution in [0.25, 0.3) is 0 Å². The van der Waals surface area contributed by atoms with Crippen LogP contribution in [0.2, 0.25) is 0 Å². The lowest BCUT2D eigenvalue weighted by Gasteiger charge is -2.34. The van der Waals surface area contributed by atoms with Gasteiger partial charge in [0.05, 0.1) is 25.4 Å². The zero-order chi connectivity index (χ0) is 15.4. The zero-order valence-corrected chi connectivity index (χ0v) is 12.5. The van der Waals surface area contributed by atoms with E-state index in [4.69, 9.17) is 10.5 Å². The van der Waals surface area contributed by atoms with Crippen LogP contribution in [-0.4, -0.2) is 49.3 Å². The molecule has 116 valence electrons. The van der Waals surface area contributed by atoms with Gasteiger partial charge in [-0.25, -0.2) is 0 Å². The van der Waals surface area contributed by atoms with Gasteiger partial charge in [0, 0.05) is 18.3 Å². The number of carbonyl (C=O) groups excluding carboxylic acids is 1. The largest absolute Gasteiger partial charge is 0.494 e. The molecule has 0 saturated heterocycles. The highest BCUT2D eigenvalue weighted by Crippen LogP contribution is 2.28. The number of nitrogens with two attached hydrogens (primary N) is 1. The summed E-state index contributed by atoms with van der Waals surface area (Å²) in [6.07, 6.45) is 1.51. The van der Waals surface area contributed by atoms with E-state index < -0.39 is 0 Å². The SMILES string of the molecule is COc1cc(N)ccc1NC(=O)CN(C)CC1CC(O)C1. The predicted molar refractivity (Wildman–Crippen MR) is 82.3 cm³/mol. The van der Waals surface area contributed by atoms with Gasteiger partial charge in [-0.15, -0.1) is 0 Å². The van der Waals surface area contributed by atoms with E-state index in [1.807, 2.05) is 11.9 Å². The Hall–Kier alpha value is -1.79. The Labute approximate surface area is 124 Å². The monoisotopic (exact) mass is 293 g/mol. The number of ether oxygens (including phenoxy) is 1. The number of carbonyl (C=O) groups is 1. The van der Waals surface area contributed by atoms with Gasteiger partial charge in [-0.1, -0.05) is 0 Å². The molecule has 4 N–H and O–H groups in total. The van der Waals surface area contributed by atoms with Crippen LogP contribution in [-0.2, 0) is 4.79 Å². The summed E-state index contributed by atoms with van der Waals surface area (Å²) in [6.45, 7) is 1.13. The first-order valence-electron chi connectivity index (χ1n) is 7.08. The summed E-state index contributed by atoms with van der Waals surface area (Å²) in [6, 6.07) is 5.13. The fourth-order valence-electron chi connectivity index (χ4n) is 2.60. The van der Waals surface area contributed by atoms with E-state index in [9.17, 15) is 9.90 Å². The summed E-state index contributed by atoms with van der Waals surface area (Å²) in [5, 5.41) is 12.1. The van der Waals surface area contributed by atoms with Crippen LogP contribution in [0, 0.1) is 5.92 Å². The number of amides is 1. The van der Waals surface area contributed by atoms with Crippen LogP contribution < -0.4 is 15.8 Å². The van der Waals surface area contributed by atoms with Crippen molar-refractivity contribution >= 4 is 17.3 Å². The van der Waals surface area contributed by atoms with Crippen molar-refractivity contribution in [2.45, 2.75) is 18.9 Å². The summed E-state index contributed by atoms with van der Waals surface area (Å²) >= 11 is 0. The van der Waals surface area contributed by atoms with Crippen molar-refractivity contribution < 1.29 is 14.6 Å². The second-order valence-corrected chi connectivity index (χ2v) is 5.70. The molecule has 0 spiro atoms. The molecule has 0 heterocycles. The number of likely N-dealkylation sites (N-methyl/N-ethyl adjacent to an activating group) is 1. The lowest BCUT2D eigenvalue weighted by molar-refractivity contribution is -0.117. The molecule has 6 heteroatoms. The molecule has 1 fully saturated rings. The van der Waals surface area contributed by atoms with Gasteiger partial charge in [0.15, 0.2) is 0 Å². The first-order chi connectivity index (χ1) is 9.97. The quantitative estimate of drug-likeness (QED) is 0.679. The highest BCUT2D eigenvalue weighted by Gasteiger charge is 2.28. The molecule has 2 rings (SSSR count). The predicted octanol–water partition coefficient (Wildman–Crippen LogP) is 0.919. The topological polar surface area (TPSA) is 87.8 Å². The maximum atomic E-state index is 12.0. The van der Waals surface area contributed by atoms with Crippen LogP contribution in [0.1, 0.15) is 12.8 Å². The number of hydrogen-bond acceptors (Lipinski definition) is 5.